The summed E-state index contributed by atoms with van der Waals surface area (Å²) in [6.45, 7) is 5.84. The van der Waals surface area contributed by atoms with Crippen LogP contribution in [0.1, 0.15) is 25.8 Å². The van der Waals surface area contributed by atoms with E-state index in [-0.39, 0.29) is 0 Å². The molecular weight excluding hydrogens is 342 g/mol. The van der Waals surface area contributed by atoms with Crippen LogP contribution in [0.3, 0.4) is 0 Å². The molecule has 0 aromatic heterocycles. The Morgan fingerprint density at radius 2 is 1.90 bits per heavy atom. The first-order chi connectivity index (χ1) is 9.45. The lowest BCUT2D eigenvalue weighted by Gasteiger charge is -2.09. The Hall–Kier alpha value is -0.430. The van der Waals surface area contributed by atoms with Gasteiger partial charge in [0, 0.05) is 25.1 Å². The molecule has 0 unspecified atom stereocenters. The second kappa shape index (κ2) is 8.77. The molecule has 0 aliphatic rings. The lowest BCUT2D eigenvalue weighted by Crippen LogP contribution is -2.25. The number of benzene rings is 1. The minimum atomic E-state index is -3.41. The molecule has 0 atom stereocenters. The summed E-state index contributed by atoms with van der Waals surface area (Å²) < 4.78 is 32.0. The first-order valence-electron chi connectivity index (χ1n) is 6.68. The van der Waals surface area contributed by atoms with Crippen molar-refractivity contribution in [3.63, 3.8) is 0 Å². The Morgan fingerprint density at radius 1 is 1.25 bits per heavy atom. The molecule has 1 aromatic rings. The Labute approximate surface area is 130 Å². The fourth-order valence-electron chi connectivity index (χ4n) is 1.54. The summed E-state index contributed by atoms with van der Waals surface area (Å²) >= 11 is 3.33. The number of ether oxygens (including phenoxy) is 1. The van der Waals surface area contributed by atoms with Gasteiger partial charge in [-0.1, -0.05) is 41.9 Å². The predicted octanol–water partition coefficient (Wildman–Crippen LogP) is 2.92. The van der Waals surface area contributed by atoms with Crippen molar-refractivity contribution in [3.8, 4) is 0 Å². The third-order valence-corrected chi connectivity index (χ3v) is 4.72. The van der Waals surface area contributed by atoms with Crippen LogP contribution in [0.5, 0.6) is 0 Å². The first-order valence-corrected chi connectivity index (χ1v) is 9.28. The number of sulfonamides is 1. The van der Waals surface area contributed by atoms with Crippen molar-refractivity contribution >= 4 is 26.0 Å². The Morgan fingerprint density at radius 3 is 2.45 bits per heavy atom. The Kier molecular flexibility index (Phi) is 7.72. The second-order valence-electron chi connectivity index (χ2n) is 5.00. The molecule has 1 aromatic carbocycles. The normalized spacial score (nSPS) is 12.0. The van der Waals surface area contributed by atoms with Crippen LogP contribution < -0.4 is 4.72 Å². The zero-order chi connectivity index (χ0) is 15.0. The maximum Gasteiger partial charge on any atom is 0.240 e. The quantitative estimate of drug-likeness (QED) is 0.542. The van der Waals surface area contributed by atoms with Crippen molar-refractivity contribution in [1.82, 2.24) is 4.72 Å². The van der Waals surface area contributed by atoms with Gasteiger partial charge in [0.05, 0.1) is 4.90 Å². The van der Waals surface area contributed by atoms with Crippen molar-refractivity contribution in [2.75, 3.05) is 19.8 Å². The van der Waals surface area contributed by atoms with E-state index in [2.05, 4.69) is 34.5 Å². The van der Waals surface area contributed by atoms with Gasteiger partial charge in [0.2, 0.25) is 10.0 Å². The van der Waals surface area contributed by atoms with Gasteiger partial charge in [-0.3, -0.25) is 0 Å². The zero-order valence-corrected chi connectivity index (χ0v) is 14.3. The first kappa shape index (κ1) is 17.6. The van der Waals surface area contributed by atoms with Crippen LogP contribution in [-0.4, -0.2) is 28.2 Å². The topological polar surface area (TPSA) is 55.4 Å². The molecule has 0 heterocycles. The molecule has 0 saturated heterocycles. The van der Waals surface area contributed by atoms with Gasteiger partial charge in [-0.05, 0) is 30.0 Å². The lowest BCUT2D eigenvalue weighted by atomic mass is 10.2. The maximum absolute atomic E-state index is 12.0. The zero-order valence-electron chi connectivity index (χ0n) is 11.9. The van der Waals surface area contributed by atoms with Crippen LogP contribution in [-0.2, 0) is 20.1 Å². The van der Waals surface area contributed by atoms with E-state index in [0.29, 0.717) is 42.3 Å². The molecule has 0 amide bonds. The van der Waals surface area contributed by atoms with Crippen LogP contribution in [0.15, 0.2) is 29.2 Å². The highest BCUT2D eigenvalue weighted by Crippen LogP contribution is 2.12. The number of hydrogen-bond donors (Lipinski definition) is 1. The van der Waals surface area contributed by atoms with Gasteiger partial charge in [-0.15, -0.1) is 0 Å². The summed E-state index contributed by atoms with van der Waals surface area (Å²) in [7, 11) is -3.41. The molecule has 0 aliphatic heterocycles. The Balaban J connectivity index is 2.37. The van der Waals surface area contributed by atoms with Crippen LogP contribution in [0.4, 0.5) is 0 Å². The van der Waals surface area contributed by atoms with Gasteiger partial charge in [0.15, 0.2) is 0 Å². The molecule has 0 bridgehead atoms. The molecule has 1 N–H and O–H groups in total. The third kappa shape index (κ3) is 6.35. The van der Waals surface area contributed by atoms with Crippen LogP contribution in [0.25, 0.3) is 0 Å². The fourth-order valence-corrected chi connectivity index (χ4v) is 2.99. The number of nitrogens with one attached hydrogen (secondary N) is 1. The lowest BCUT2D eigenvalue weighted by molar-refractivity contribution is 0.108. The molecule has 1 rings (SSSR count). The van der Waals surface area contributed by atoms with Crippen LogP contribution in [0, 0.1) is 5.92 Å². The van der Waals surface area contributed by atoms with Crippen molar-refractivity contribution in [1.29, 1.82) is 0 Å². The standard InChI is InChI=1S/C14H22BrNO3S/c1-12(2)11-19-9-3-8-16-20(17,18)14-6-4-13(10-15)5-7-14/h4-7,12,16H,3,8-11H2,1-2H3. The van der Waals surface area contributed by atoms with Crippen molar-refractivity contribution in [2.24, 2.45) is 5.92 Å². The molecule has 0 radical (unpaired) electrons. The van der Waals surface area contributed by atoms with E-state index < -0.39 is 10.0 Å². The average molecular weight is 364 g/mol. The van der Waals surface area contributed by atoms with Gasteiger partial charge in [0.1, 0.15) is 0 Å². The van der Waals surface area contributed by atoms with E-state index in [1.165, 1.54) is 0 Å². The highest BCUT2D eigenvalue weighted by molar-refractivity contribution is 9.08. The van der Waals surface area contributed by atoms with Crippen molar-refractivity contribution in [3.05, 3.63) is 29.8 Å². The summed E-state index contributed by atoms with van der Waals surface area (Å²) in [6.07, 6.45) is 0.672. The molecule has 0 aliphatic carbocycles. The van der Waals surface area contributed by atoms with Gasteiger partial charge in [0.25, 0.3) is 0 Å². The minimum absolute atomic E-state index is 0.297. The SMILES string of the molecule is CC(C)COCCCNS(=O)(=O)c1ccc(CBr)cc1. The largest absolute Gasteiger partial charge is 0.381 e. The van der Waals surface area contributed by atoms with E-state index in [1.807, 2.05) is 0 Å². The molecule has 0 fully saturated rings. The maximum atomic E-state index is 12.0. The minimum Gasteiger partial charge on any atom is -0.381 e. The predicted molar refractivity (Wildman–Crippen MR) is 84.5 cm³/mol. The summed E-state index contributed by atoms with van der Waals surface area (Å²) in [5, 5.41) is 0.716. The number of alkyl halides is 1. The van der Waals surface area contributed by atoms with E-state index >= 15 is 0 Å². The molecule has 20 heavy (non-hydrogen) atoms. The second-order valence-corrected chi connectivity index (χ2v) is 7.33. The highest BCUT2D eigenvalue weighted by Gasteiger charge is 2.12. The highest BCUT2D eigenvalue weighted by atomic mass is 79.9. The fraction of sp³-hybridized carbons (Fsp3) is 0.571. The summed E-state index contributed by atoms with van der Waals surface area (Å²) in [5.74, 6) is 0.500. The molecular formula is C14H22BrNO3S. The van der Waals surface area contributed by atoms with E-state index in [9.17, 15) is 8.42 Å². The number of halogens is 1. The summed E-state index contributed by atoms with van der Waals surface area (Å²) in [5.41, 5.74) is 1.05. The number of rotatable bonds is 9. The summed E-state index contributed by atoms with van der Waals surface area (Å²) in [6, 6.07) is 6.84. The summed E-state index contributed by atoms with van der Waals surface area (Å²) in [4.78, 5) is 0.297. The van der Waals surface area contributed by atoms with Gasteiger partial charge in [-0.2, -0.15) is 0 Å². The van der Waals surface area contributed by atoms with E-state index in [4.69, 9.17) is 4.74 Å². The molecule has 114 valence electrons. The van der Waals surface area contributed by atoms with Crippen molar-refractivity contribution in [2.45, 2.75) is 30.5 Å². The molecule has 0 saturated carbocycles. The van der Waals surface area contributed by atoms with E-state index in [1.54, 1.807) is 24.3 Å². The third-order valence-electron chi connectivity index (χ3n) is 2.60. The number of hydrogen-bond acceptors (Lipinski definition) is 3. The smallest absolute Gasteiger partial charge is 0.240 e. The average Bonchev–Trinajstić information content (AvgIpc) is 2.42. The van der Waals surface area contributed by atoms with Gasteiger partial charge >= 0.3 is 0 Å². The van der Waals surface area contributed by atoms with Gasteiger partial charge < -0.3 is 4.74 Å². The van der Waals surface area contributed by atoms with E-state index in [0.717, 1.165) is 5.56 Å². The monoisotopic (exact) mass is 363 g/mol. The van der Waals surface area contributed by atoms with Crippen LogP contribution >= 0.6 is 15.9 Å². The molecule has 0 spiro atoms. The van der Waals surface area contributed by atoms with Gasteiger partial charge in [-0.25, -0.2) is 13.1 Å². The Bertz CT molecular complexity index is 486. The van der Waals surface area contributed by atoms with Crippen LogP contribution in [0.2, 0.25) is 0 Å². The molecule has 4 nitrogen and oxygen atoms in total. The molecule has 6 heteroatoms. The van der Waals surface area contributed by atoms with Crippen molar-refractivity contribution < 1.29 is 13.2 Å².